The van der Waals surface area contributed by atoms with E-state index in [1.54, 1.807) is 4.90 Å². The van der Waals surface area contributed by atoms with Gasteiger partial charge in [-0.1, -0.05) is 0 Å². The molecule has 0 atom stereocenters. The molecule has 1 amide bonds. The highest BCUT2D eigenvalue weighted by atomic mass is 16.1. The third kappa shape index (κ3) is 2.21. The Hall–Kier alpha value is -0.570. The molecular formula is C9H18N2O. The summed E-state index contributed by atoms with van der Waals surface area (Å²) >= 11 is 0. The van der Waals surface area contributed by atoms with Gasteiger partial charge in [0.05, 0.1) is 0 Å². The van der Waals surface area contributed by atoms with E-state index in [2.05, 4.69) is 0 Å². The highest BCUT2D eigenvalue weighted by Gasteiger charge is 2.22. The third-order valence-corrected chi connectivity index (χ3v) is 2.89. The summed E-state index contributed by atoms with van der Waals surface area (Å²) in [5.74, 6) is 0.696. The Morgan fingerprint density at radius 1 is 1.42 bits per heavy atom. The molecule has 12 heavy (non-hydrogen) atoms. The zero-order valence-electron chi connectivity index (χ0n) is 7.70. The van der Waals surface area contributed by atoms with E-state index in [1.807, 2.05) is 7.05 Å². The average molecular weight is 170 g/mol. The third-order valence-electron chi connectivity index (χ3n) is 2.89. The van der Waals surface area contributed by atoms with Gasteiger partial charge in [-0.3, -0.25) is 4.79 Å². The number of hydrogen-bond acceptors (Lipinski definition) is 2. The van der Waals surface area contributed by atoms with Gasteiger partial charge in [-0.05, 0) is 38.1 Å². The molecule has 1 aliphatic rings. The van der Waals surface area contributed by atoms with Gasteiger partial charge in [-0.25, -0.2) is 0 Å². The summed E-state index contributed by atoms with van der Waals surface area (Å²) in [4.78, 5) is 12.2. The highest BCUT2D eigenvalue weighted by Crippen LogP contribution is 2.25. The summed E-state index contributed by atoms with van der Waals surface area (Å²) in [6, 6.07) is 0.463. The van der Waals surface area contributed by atoms with E-state index >= 15 is 0 Å². The van der Waals surface area contributed by atoms with Gasteiger partial charge in [0.25, 0.3) is 0 Å². The van der Waals surface area contributed by atoms with E-state index in [1.165, 1.54) is 12.8 Å². The molecule has 3 nitrogen and oxygen atoms in total. The molecule has 0 radical (unpaired) electrons. The lowest BCUT2D eigenvalue weighted by atomic mass is 9.86. The molecule has 1 saturated carbocycles. The van der Waals surface area contributed by atoms with Crippen LogP contribution in [-0.4, -0.2) is 30.9 Å². The van der Waals surface area contributed by atoms with Gasteiger partial charge in [-0.2, -0.15) is 0 Å². The lowest BCUT2D eigenvalue weighted by molar-refractivity contribution is -0.119. The minimum absolute atomic E-state index is 0.463. The van der Waals surface area contributed by atoms with Gasteiger partial charge in [-0.15, -0.1) is 0 Å². The van der Waals surface area contributed by atoms with E-state index in [9.17, 15) is 4.79 Å². The standard InChI is InChI=1S/C9H18N2O/c1-11(7-12)9-4-2-8(6-10)3-5-9/h7-9H,2-6,10H2,1H3. The number of nitrogens with two attached hydrogens (primary N) is 1. The zero-order chi connectivity index (χ0) is 8.97. The van der Waals surface area contributed by atoms with Crippen LogP contribution in [0, 0.1) is 5.92 Å². The van der Waals surface area contributed by atoms with Crippen molar-refractivity contribution >= 4 is 6.41 Å². The molecule has 1 aliphatic carbocycles. The van der Waals surface area contributed by atoms with Gasteiger partial charge in [0.2, 0.25) is 6.41 Å². The maximum atomic E-state index is 10.5. The normalized spacial score (nSPS) is 29.8. The number of carbonyl (C=O) groups is 1. The first-order valence-corrected chi connectivity index (χ1v) is 4.65. The molecule has 0 aliphatic heterocycles. The van der Waals surface area contributed by atoms with E-state index in [4.69, 9.17) is 5.73 Å². The lowest BCUT2D eigenvalue weighted by Gasteiger charge is -2.32. The molecule has 70 valence electrons. The predicted molar refractivity (Wildman–Crippen MR) is 48.6 cm³/mol. The van der Waals surface area contributed by atoms with Gasteiger partial charge in [0.1, 0.15) is 0 Å². The lowest BCUT2D eigenvalue weighted by Crippen LogP contribution is -2.35. The molecule has 2 N–H and O–H groups in total. The molecule has 0 saturated heterocycles. The molecule has 0 spiro atoms. The second-order valence-electron chi connectivity index (χ2n) is 3.68. The van der Waals surface area contributed by atoms with E-state index in [0.717, 1.165) is 25.8 Å². The van der Waals surface area contributed by atoms with Crippen molar-refractivity contribution in [2.75, 3.05) is 13.6 Å². The van der Waals surface area contributed by atoms with Crippen LogP contribution in [0.3, 0.4) is 0 Å². The molecule has 0 heterocycles. The summed E-state index contributed by atoms with van der Waals surface area (Å²) in [5, 5.41) is 0. The molecule has 0 unspecified atom stereocenters. The molecule has 0 bridgehead atoms. The number of carbonyl (C=O) groups excluding carboxylic acids is 1. The monoisotopic (exact) mass is 170 g/mol. The van der Waals surface area contributed by atoms with Crippen molar-refractivity contribution < 1.29 is 4.79 Å². The fourth-order valence-corrected chi connectivity index (χ4v) is 1.87. The SMILES string of the molecule is CN(C=O)C1CCC(CN)CC1. The highest BCUT2D eigenvalue weighted by molar-refractivity contribution is 5.47. The van der Waals surface area contributed by atoms with Crippen molar-refractivity contribution in [3.8, 4) is 0 Å². The van der Waals surface area contributed by atoms with Crippen LogP contribution in [0.5, 0.6) is 0 Å². The van der Waals surface area contributed by atoms with Crippen LogP contribution in [0.2, 0.25) is 0 Å². The van der Waals surface area contributed by atoms with Crippen LogP contribution < -0.4 is 5.73 Å². The molecular weight excluding hydrogens is 152 g/mol. The molecule has 1 rings (SSSR count). The van der Waals surface area contributed by atoms with E-state index in [-0.39, 0.29) is 0 Å². The van der Waals surface area contributed by atoms with Crippen LogP contribution in [-0.2, 0) is 4.79 Å². The largest absolute Gasteiger partial charge is 0.345 e. The molecule has 0 aromatic heterocycles. The summed E-state index contributed by atoms with van der Waals surface area (Å²) in [6.07, 6.45) is 5.53. The first kappa shape index (κ1) is 9.52. The Balaban J connectivity index is 2.30. The summed E-state index contributed by atoms with van der Waals surface area (Å²) in [5.41, 5.74) is 5.57. The van der Waals surface area contributed by atoms with Crippen LogP contribution in [0.1, 0.15) is 25.7 Å². The topological polar surface area (TPSA) is 46.3 Å². The quantitative estimate of drug-likeness (QED) is 0.630. The van der Waals surface area contributed by atoms with Crippen LogP contribution in [0.25, 0.3) is 0 Å². The van der Waals surface area contributed by atoms with Crippen molar-refractivity contribution in [2.45, 2.75) is 31.7 Å². The van der Waals surface area contributed by atoms with Gasteiger partial charge in [0, 0.05) is 13.1 Å². The van der Waals surface area contributed by atoms with Crippen molar-refractivity contribution in [2.24, 2.45) is 11.7 Å². The molecule has 1 fully saturated rings. The van der Waals surface area contributed by atoms with Gasteiger partial charge in [0.15, 0.2) is 0 Å². The smallest absolute Gasteiger partial charge is 0.209 e. The summed E-state index contributed by atoms with van der Waals surface area (Å²) in [6.45, 7) is 0.803. The first-order chi connectivity index (χ1) is 5.77. The number of rotatable bonds is 3. The van der Waals surface area contributed by atoms with Crippen molar-refractivity contribution in [3.05, 3.63) is 0 Å². The Morgan fingerprint density at radius 2 is 2.00 bits per heavy atom. The van der Waals surface area contributed by atoms with Crippen molar-refractivity contribution in [3.63, 3.8) is 0 Å². The van der Waals surface area contributed by atoms with Crippen LogP contribution in [0.4, 0.5) is 0 Å². The van der Waals surface area contributed by atoms with E-state index < -0.39 is 0 Å². The Bertz CT molecular complexity index is 141. The first-order valence-electron chi connectivity index (χ1n) is 4.65. The predicted octanol–water partition coefficient (Wildman–Crippen LogP) is 0.592. The minimum Gasteiger partial charge on any atom is -0.345 e. The molecule has 3 heteroatoms. The second-order valence-corrected chi connectivity index (χ2v) is 3.68. The van der Waals surface area contributed by atoms with Gasteiger partial charge < -0.3 is 10.6 Å². The fraction of sp³-hybridized carbons (Fsp3) is 0.889. The maximum Gasteiger partial charge on any atom is 0.209 e. The Kier molecular flexibility index (Phi) is 3.53. The Labute approximate surface area is 73.9 Å². The molecule has 0 aromatic rings. The minimum atomic E-state index is 0.463. The number of nitrogens with zero attached hydrogens (tertiary/aromatic N) is 1. The van der Waals surface area contributed by atoms with Crippen molar-refractivity contribution in [1.82, 2.24) is 4.90 Å². The van der Waals surface area contributed by atoms with Gasteiger partial charge >= 0.3 is 0 Å². The average Bonchev–Trinajstić information content (AvgIpc) is 2.17. The second kappa shape index (κ2) is 4.45. The summed E-state index contributed by atoms with van der Waals surface area (Å²) in [7, 11) is 1.86. The van der Waals surface area contributed by atoms with Crippen molar-refractivity contribution in [1.29, 1.82) is 0 Å². The maximum absolute atomic E-state index is 10.5. The zero-order valence-corrected chi connectivity index (χ0v) is 7.70. The Morgan fingerprint density at radius 3 is 2.42 bits per heavy atom. The summed E-state index contributed by atoms with van der Waals surface area (Å²) < 4.78 is 0. The fourth-order valence-electron chi connectivity index (χ4n) is 1.87. The van der Waals surface area contributed by atoms with Crippen LogP contribution in [0.15, 0.2) is 0 Å². The van der Waals surface area contributed by atoms with E-state index in [0.29, 0.717) is 12.0 Å². The molecule has 0 aromatic carbocycles. The van der Waals surface area contributed by atoms with Crippen LogP contribution >= 0.6 is 0 Å². The number of amides is 1. The number of hydrogen-bond donors (Lipinski definition) is 1.